The first kappa shape index (κ1) is 9.64. The van der Waals surface area contributed by atoms with Gasteiger partial charge in [-0.2, -0.15) is 0 Å². The summed E-state index contributed by atoms with van der Waals surface area (Å²) in [5.41, 5.74) is 0.885. The number of aromatic nitrogens is 4. The lowest BCUT2D eigenvalue weighted by Gasteiger charge is -2.12. The molecule has 0 aliphatic carbocycles. The average Bonchev–Trinajstić information content (AvgIpc) is 2.74. The molecule has 0 saturated carbocycles. The van der Waals surface area contributed by atoms with Crippen molar-refractivity contribution in [3.63, 3.8) is 0 Å². The number of nitrogens with zero attached hydrogens (tertiary/aromatic N) is 3. The zero-order valence-electron chi connectivity index (χ0n) is 8.73. The molecular formula is C10H13N5. The number of hydrogen-bond donors (Lipinski definition) is 2. The highest BCUT2D eigenvalue weighted by molar-refractivity contribution is 5.39. The van der Waals surface area contributed by atoms with E-state index < -0.39 is 0 Å². The smallest absolute Gasteiger partial charge is 0.148 e. The van der Waals surface area contributed by atoms with E-state index in [2.05, 4.69) is 25.3 Å². The normalized spacial score (nSPS) is 12.4. The van der Waals surface area contributed by atoms with Crippen molar-refractivity contribution in [3.8, 4) is 0 Å². The van der Waals surface area contributed by atoms with Gasteiger partial charge in [-0.15, -0.1) is 0 Å². The minimum absolute atomic E-state index is 0.0930. The van der Waals surface area contributed by atoms with Gasteiger partial charge < -0.3 is 10.3 Å². The van der Waals surface area contributed by atoms with E-state index in [4.69, 9.17) is 0 Å². The summed E-state index contributed by atoms with van der Waals surface area (Å²) in [7, 11) is 0. The van der Waals surface area contributed by atoms with E-state index in [1.807, 2.05) is 13.8 Å². The largest absolute Gasteiger partial charge is 0.359 e. The number of imidazole rings is 1. The first-order valence-electron chi connectivity index (χ1n) is 4.81. The van der Waals surface area contributed by atoms with Crippen LogP contribution in [0.1, 0.15) is 24.5 Å². The zero-order chi connectivity index (χ0) is 10.7. The number of H-pyrrole nitrogens is 1. The Balaban J connectivity index is 2.13. The van der Waals surface area contributed by atoms with E-state index in [0.717, 1.165) is 17.3 Å². The van der Waals surface area contributed by atoms with Crippen molar-refractivity contribution in [1.82, 2.24) is 19.9 Å². The highest BCUT2D eigenvalue weighted by atomic mass is 15.1. The fraction of sp³-hybridized carbons (Fsp3) is 0.300. The van der Waals surface area contributed by atoms with Gasteiger partial charge in [0.15, 0.2) is 0 Å². The molecular weight excluding hydrogens is 190 g/mol. The Bertz CT molecular complexity index is 423. The quantitative estimate of drug-likeness (QED) is 0.796. The molecule has 0 saturated heterocycles. The summed E-state index contributed by atoms with van der Waals surface area (Å²) in [6, 6.07) is 0.0930. The molecule has 2 aromatic rings. The molecule has 5 heteroatoms. The molecule has 0 radical (unpaired) electrons. The number of aromatic amines is 1. The van der Waals surface area contributed by atoms with Gasteiger partial charge in [0, 0.05) is 24.8 Å². The number of hydrogen-bond acceptors (Lipinski definition) is 4. The number of rotatable bonds is 3. The van der Waals surface area contributed by atoms with E-state index in [1.54, 1.807) is 24.8 Å². The average molecular weight is 203 g/mol. The molecule has 2 heterocycles. The van der Waals surface area contributed by atoms with Gasteiger partial charge in [0.05, 0.1) is 11.7 Å². The minimum Gasteiger partial charge on any atom is -0.359 e. The Hall–Kier alpha value is -1.91. The predicted octanol–water partition coefficient (Wildman–Crippen LogP) is 1.68. The molecule has 5 nitrogen and oxygen atoms in total. The maximum Gasteiger partial charge on any atom is 0.148 e. The van der Waals surface area contributed by atoms with Gasteiger partial charge >= 0.3 is 0 Å². The molecule has 0 aliphatic rings. The van der Waals surface area contributed by atoms with Gasteiger partial charge in [0.2, 0.25) is 0 Å². The maximum atomic E-state index is 4.21. The van der Waals surface area contributed by atoms with Gasteiger partial charge in [-0.25, -0.2) is 9.97 Å². The van der Waals surface area contributed by atoms with Crippen molar-refractivity contribution < 1.29 is 0 Å². The van der Waals surface area contributed by atoms with Crippen LogP contribution in [0.2, 0.25) is 0 Å². The highest BCUT2D eigenvalue weighted by Crippen LogP contribution is 2.15. The van der Waals surface area contributed by atoms with Crippen LogP contribution in [0.3, 0.4) is 0 Å². The molecule has 2 N–H and O–H groups in total. The monoisotopic (exact) mass is 203 g/mol. The fourth-order valence-electron chi connectivity index (χ4n) is 1.34. The summed E-state index contributed by atoms with van der Waals surface area (Å²) in [5, 5.41) is 3.25. The molecule has 0 bridgehead atoms. The first-order chi connectivity index (χ1) is 7.27. The molecule has 1 unspecified atom stereocenters. The van der Waals surface area contributed by atoms with Crippen LogP contribution in [0.5, 0.6) is 0 Å². The highest BCUT2D eigenvalue weighted by Gasteiger charge is 2.09. The summed E-state index contributed by atoms with van der Waals surface area (Å²) in [6.45, 7) is 3.94. The Morgan fingerprint density at radius 3 is 2.67 bits per heavy atom. The van der Waals surface area contributed by atoms with Crippen LogP contribution in [0.4, 0.5) is 5.82 Å². The van der Waals surface area contributed by atoms with Gasteiger partial charge in [-0.3, -0.25) is 4.98 Å². The molecule has 0 aliphatic heterocycles. The molecule has 0 aromatic carbocycles. The van der Waals surface area contributed by atoms with E-state index in [-0.39, 0.29) is 6.04 Å². The van der Waals surface area contributed by atoms with Crippen LogP contribution in [0.15, 0.2) is 24.8 Å². The molecule has 0 fully saturated rings. The number of aryl methyl sites for hydroxylation is 1. The van der Waals surface area contributed by atoms with Crippen molar-refractivity contribution in [2.24, 2.45) is 0 Å². The van der Waals surface area contributed by atoms with Crippen molar-refractivity contribution >= 4 is 5.82 Å². The topological polar surface area (TPSA) is 66.5 Å². The summed E-state index contributed by atoms with van der Waals surface area (Å²) in [4.78, 5) is 15.6. The molecule has 1 atom stereocenters. The predicted molar refractivity (Wildman–Crippen MR) is 57.4 cm³/mol. The summed E-state index contributed by atoms with van der Waals surface area (Å²) in [5.74, 6) is 1.68. The van der Waals surface area contributed by atoms with Gasteiger partial charge in [0.25, 0.3) is 0 Å². The summed E-state index contributed by atoms with van der Waals surface area (Å²) < 4.78 is 0. The second kappa shape index (κ2) is 4.08. The molecule has 0 amide bonds. The van der Waals surface area contributed by atoms with Gasteiger partial charge in [0.1, 0.15) is 11.6 Å². The Kier molecular flexibility index (Phi) is 2.62. The second-order valence-electron chi connectivity index (χ2n) is 3.33. The van der Waals surface area contributed by atoms with Crippen molar-refractivity contribution in [2.45, 2.75) is 19.9 Å². The lowest BCUT2D eigenvalue weighted by atomic mass is 10.3. The Morgan fingerprint density at radius 1 is 1.20 bits per heavy atom. The molecule has 2 aromatic heterocycles. The maximum absolute atomic E-state index is 4.21. The number of nitrogens with one attached hydrogen (secondary N) is 2. The van der Waals surface area contributed by atoms with Crippen molar-refractivity contribution in [3.05, 3.63) is 36.3 Å². The van der Waals surface area contributed by atoms with Crippen LogP contribution >= 0.6 is 0 Å². The summed E-state index contributed by atoms with van der Waals surface area (Å²) >= 11 is 0. The standard InChI is InChI=1S/C10H13N5/c1-7-10(14-4-3-11-7)15-8(2)9-12-5-6-13-9/h3-6,8H,1-2H3,(H,12,13)(H,14,15). The first-order valence-corrected chi connectivity index (χ1v) is 4.81. The lowest BCUT2D eigenvalue weighted by molar-refractivity contribution is 0.799. The Morgan fingerprint density at radius 2 is 2.00 bits per heavy atom. The van der Waals surface area contributed by atoms with Crippen LogP contribution in [0, 0.1) is 6.92 Å². The zero-order valence-corrected chi connectivity index (χ0v) is 8.73. The fourth-order valence-corrected chi connectivity index (χ4v) is 1.34. The van der Waals surface area contributed by atoms with Crippen LogP contribution < -0.4 is 5.32 Å². The molecule has 78 valence electrons. The van der Waals surface area contributed by atoms with Crippen LogP contribution in [-0.4, -0.2) is 19.9 Å². The second-order valence-corrected chi connectivity index (χ2v) is 3.33. The van der Waals surface area contributed by atoms with E-state index >= 15 is 0 Å². The molecule has 2 rings (SSSR count). The van der Waals surface area contributed by atoms with E-state index in [0.29, 0.717) is 0 Å². The van der Waals surface area contributed by atoms with E-state index in [9.17, 15) is 0 Å². The molecule has 0 spiro atoms. The SMILES string of the molecule is Cc1nccnc1NC(C)c1ncc[nH]1. The van der Waals surface area contributed by atoms with E-state index in [1.165, 1.54) is 0 Å². The third kappa shape index (κ3) is 2.12. The molecule has 15 heavy (non-hydrogen) atoms. The van der Waals surface area contributed by atoms with Gasteiger partial charge in [-0.1, -0.05) is 0 Å². The number of anilines is 1. The summed E-state index contributed by atoms with van der Waals surface area (Å²) in [6.07, 6.45) is 6.89. The Labute approximate surface area is 88.0 Å². The minimum atomic E-state index is 0.0930. The third-order valence-electron chi connectivity index (χ3n) is 2.16. The van der Waals surface area contributed by atoms with Crippen LogP contribution in [-0.2, 0) is 0 Å². The van der Waals surface area contributed by atoms with Crippen LogP contribution in [0.25, 0.3) is 0 Å². The van der Waals surface area contributed by atoms with Crippen molar-refractivity contribution in [2.75, 3.05) is 5.32 Å². The lowest BCUT2D eigenvalue weighted by Crippen LogP contribution is -2.10. The third-order valence-corrected chi connectivity index (χ3v) is 2.16. The van der Waals surface area contributed by atoms with Gasteiger partial charge in [-0.05, 0) is 13.8 Å². The van der Waals surface area contributed by atoms with Crippen molar-refractivity contribution in [1.29, 1.82) is 0 Å².